The molecule has 2 atom stereocenters. The van der Waals surface area contributed by atoms with Gasteiger partial charge in [-0.2, -0.15) is 0 Å². The summed E-state index contributed by atoms with van der Waals surface area (Å²) in [6.45, 7) is 4.02. The molecule has 7 heteroatoms. The molecule has 1 aliphatic heterocycles. The van der Waals surface area contributed by atoms with Crippen molar-refractivity contribution in [1.29, 1.82) is 0 Å². The standard InChI is InChI=1S/C18H22Cl2N4O/c1-12(15-5-4-14(19)7-16(15)20)23-17-8-18(22-11-21-17)24-6-2-3-13(9-24)10-25/h4-5,7-8,11-13,25H,2-3,6,9-10H2,1H3,(H,21,22,23)/t12-,13?/m0/s1. The monoisotopic (exact) mass is 380 g/mol. The lowest BCUT2D eigenvalue weighted by molar-refractivity contribution is 0.208. The van der Waals surface area contributed by atoms with Crippen LogP contribution in [0.1, 0.15) is 31.4 Å². The summed E-state index contributed by atoms with van der Waals surface area (Å²) in [5.74, 6) is 1.94. The zero-order valence-corrected chi connectivity index (χ0v) is 15.6. The van der Waals surface area contributed by atoms with Gasteiger partial charge in [-0.3, -0.25) is 0 Å². The summed E-state index contributed by atoms with van der Waals surface area (Å²) in [4.78, 5) is 10.9. The number of hydrogen-bond acceptors (Lipinski definition) is 5. The highest BCUT2D eigenvalue weighted by Gasteiger charge is 2.21. The summed E-state index contributed by atoms with van der Waals surface area (Å²) in [6.07, 6.45) is 3.69. The maximum Gasteiger partial charge on any atom is 0.134 e. The molecule has 1 aliphatic rings. The first-order chi connectivity index (χ1) is 12.1. The van der Waals surface area contributed by atoms with Gasteiger partial charge in [0.05, 0.1) is 6.04 Å². The second-order valence-electron chi connectivity index (χ2n) is 6.43. The predicted octanol–water partition coefficient (Wildman–Crippen LogP) is 4.17. The molecule has 1 aromatic carbocycles. The average molecular weight is 381 g/mol. The minimum Gasteiger partial charge on any atom is -0.396 e. The zero-order valence-electron chi connectivity index (χ0n) is 14.1. The molecule has 0 amide bonds. The van der Waals surface area contributed by atoms with Gasteiger partial charge in [0.1, 0.15) is 18.0 Å². The lowest BCUT2D eigenvalue weighted by atomic mass is 9.99. The Labute approximate surface area is 158 Å². The second-order valence-corrected chi connectivity index (χ2v) is 7.27. The Morgan fingerprint density at radius 3 is 2.92 bits per heavy atom. The van der Waals surface area contributed by atoms with Crippen LogP contribution in [0.4, 0.5) is 11.6 Å². The fourth-order valence-corrected chi connectivity index (χ4v) is 3.75. The van der Waals surface area contributed by atoms with Crippen LogP contribution in [0.3, 0.4) is 0 Å². The molecule has 0 bridgehead atoms. The quantitative estimate of drug-likeness (QED) is 0.814. The van der Waals surface area contributed by atoms with Gasteiger partial charge in [-0.15, -0.1) is 0 Å². The second kappa shape index (κ2) is 8.21. The number of halogens is 2. The molecule has 2 N–H and O–H groups in total. The topological polar surface area (TPSA) is 61.3 Å². The van der Waals surface area contributed by atoms with Gasteiger partial charge in [0.15, 0.2) is 0 Å². The van der Waals surface area contributed by atoms with Crippen molar-refractivity contribution >= 4 is 34.8 Å². The molecule has 1 fully saturated rings. The van der Waals surface area contributed by atoms with Gasteiger partial charge in [0.2, 0.25) is 0 Å². The first kappa shape index (κ1) is 18.2. The van der Waals surface area contributed by atoms with Gasteiger partial charge in [-0.05, 0) is 43.4 Å². The van der Waals surface area contributed by atoms with Crippen LogP contribution in [0.5, 0.6) is 0 Å². The maximum absolute atomic E-state index is 9.41. The molecule has 2 heterocycles. The number of anilines is 2. The van der Waals surface area contributed by atoms with E-state index in [0.29, 0.717) is 16.0 Å². The maximum atomic E-state index is 9.41. The van der Waals surface area contributed by atoms with Gasteiger partial charge < -0.3 is 15.3 Å². The van der Waals surface area contributed by atoms with E-state index >= 15 is 0 Å². The highest BCUT2D eigenvalue weighted by Crippen LogP contribution is 2.29. The Kier molecular flexibility index (Phi) is 5.99. The number of piperidine rings is 1. The molecule has 5 nitrogen and oxygen atoms in total. The number of aliphatic hydroxyl groups excluding tert-OH is 1. The highest BCUT2D eigenvalue weighted by molar-refractivity contribution is 6.35. The normalized spacial score (nSPS) is 18.9. The fraction of sp³-hybridized carbons (Fsp3) is 0.444. The third-order valence-corrected chi connectivity index (χ3v) is 5.11. The lowest BCUT2D eigenvalue weighted by Crippen LogP contribution is -2.37. The minimum absolute atomic E-state index is 0.0148. The van der Waals surface area contributed by atoms with E-state index in [0.717, 1.165) is 43.1 Å². The molecule has 1 saturated heterocycles. The van der Waals surface area contributed by atoms with Crippen LogP contribution in [0.25, 0.3) is 0 Å². The van der Waals surface area contributed by atoms with Crippen LogP contribution in [0.2, 0.25) is 10.0 Å². The summed E-state index contributed by atoms with van der Waals surface area (Å²) in [5.41, 5.74) is 0.963. The summed E-state index contributed by atoms with van der Waals surface area (Å²) in [5, 5.41) is 14.0. The van der Waals surface area contributed by atoms with Crippen LogP contribution in [-0.4, -0.2) is 34.8 Å². The number of benzene rings is 1. The number of nitrogens with zero attached hydrogens (tertiary/aromatic N) is 3. The molecule has 134 valence electrons. The van der Waals surface area contributed by atoms with Crippen molar-refractivity contribution in [2.24, 2.45) is 5.92 Å². The first-order valence-corrected chi connectivity index (χ1v) is 9.21. The SMILES string of the molecule is C[C@H](Nc1cc(N2CCCC(CO)C2)ncn1)c1ccc(Cl)cc1Cl. The van der Waals surface area contributed by atoms with Crippen molar-refractivity contribution in [3.05, 3.63) is 46.2 Å². The van der Waals surface area contributed by atoms with Crippen LogP contribution in [0.15, 0.2) is 30.6 Å². The summed E-state index contributed by atoms with van der Waals surface area (Å²) < 4.78 is 0. The molecule has 25 heavy (non-hydrogen) atoms. The number of nitrogens with one attached hydrogen (secondary N) is 1. The van der Waals surface area contributed by atoms with Gasteiger partial charge in [-0.25, -0.2) is 9.97 Å². The van der Waals surface area contributed by atoms with Crippen LogP contribution < -0.4 is 10.2 Å². The predicted molar refractivity (Wildman–Crippen MR) is 103 cm³/mol. The molecule has 2 aromatic rings. The Morgan fingerprint density at radius 2 is 2.16 bits per heavy atom. The van der Waals surface area contributed by atoms with E-state index in [-0.39, 0.29) is 12.6 Å². The van der Waals surface area contributed by atoms with Crippen molar-refractivity contribution in [2.45, 2.75) is 25.8 Å². The smallest absolute Gasteiger partial charge is 0.134 e. The van der Waals surface area contributed by atoms with Crippen LogP contribution >= 0.6 is 23.2 Å². The van der Waals surface area contributed by atoms with E-state index in [2.05, 4.69) is 20.2 Å². The van der Waals surface area contributed by atoms with Crippen LogP contribution in [-0.2, 0) is 0 Å². The Balaban J connectivity index is 1.73. The molecule has 0 radical (unpaired) electrons. The molecule has 1 aromatic heterocycles. The first-order valence-electron chi connectivity index (χ1n) is 8.46. The number of aliphatic hydroxyl groups is 1. The number of rotatable bonds is 5. The fourth-order valence-electron chi connectivity index (χ4n) is 3.17. The molecule has 3 rings (SSSR count). The van der Waals surface area contributed by atoms with Crippen molar-refractivity contribution in [3.8, 4) is 0 Å². The average Bonchev–Trinajstić information content (AvgIpc) is 2.62. The third-order valence-electron chi connectivity index (χ3n) is 4.55. The molecule has 0 saturated carbocycles. The van der Waals surface area contributed by atoms with Crippen molar-refractivity contribution in [1.82, 2.24) is 9.97 Å². The van der Waals surface area contributed by atoms with Crippen molar-refractivity contribution in [2.75, 3.05) is 29.9 Å². The Bertz CT molecular complexity index is 728. The molecular formula is C18H22Cl2N4O. The van der Waals surface area contributed by atoms with E-state index in [1.165, 1.54) is 0 Å². The molecule has 0 aliphatic carbocycles. The lowest BCUT2D eigenvalue weighted by Gasteiger charge is -2.32. The largest absolute Gasteiger partial charge is 0.396 e. The summed E-state index contributed by atoms with van der Waals surface area (Å²) >= 11 is 12.3. The summed E-state index contributed by atoms with van der Waals surface area (Å²) in [7, 11) is 0. The third kappa shape index (κ3) is 4.54. The molecule has 1 unspecified atom stereocenters. The molecule has 0 spiro atoms. The Morgan fingerprint density at radius 1 is 1.32 bits per heavy atom. The highest BCUT2D eigenvalue weighted by atomic mass is 35.5. The van der Waals surface area contributed by atoms with Crippen molar-refractivity contribution < 1.29 is 5.11 Å². The van der Waals surface area contributed by atoms with Crippen LogP contribution in [0, 0.1) is 5.92 Å². The van der Waals surface area contributed by atoms with Gasteiger partial charge in [-0.1, -0.05) is 29.3 Å². The van der Waals surface area contributed by atoms with E-state index in [4.69, 9.17) is 23.2 Å². The summed E-state index contributed by atoms with van der Waals surface area (Å²) in [6, 6.07) is 7.42. The zero-order chi connectivity index (χ0) is 17.8. The number of hydrogen-bond donors (Lipinski definition) is 2. The van der Waals surface area contributed by atoms with E-state index in [9.17, 15) is 5.11 Å². The van der Waals surface area contributed by atoms with E-state index in [1.54, 1.807) is 12.4 Å². The minimum atomic E-state index is -0.0148. The van der Waals surface area contributed by atoms with Gasteiger partial charge in [0.25, 0.3) is 0 Å². The molecular weight excluding hydrogens is 359 g/mol. The van der Waals surface area contributed by atoms with E-state index in [1.807, 2.05) is 25.1 Å². The van der Waals surface area contributed by atoms with Crippen molar-refractivity contribution in [3.63, 3.8) is 0 Å². The number of aromatic nitrogens is 2. The van der Waals surface area contributed by atoms with Gasteiger partial charge in [0, 0.05) is 35.8 Å². The van der Waals surface area contributed by atoms with E-state index < -0.39 is 0 Å². The Hall–Kier alpha value is -1.56. The van der Waals surface area contributed by atoms with Gasteiger partial charge >= 0.3 is 0 Å².